The monoisotopic (exact) mass is 279 g/mol. The van der Waals surface area contributed by atoms with E-state index in [-0.39, 0.29) is 5.33 Å². The Balaban J connectivity index is 3.46. The predicted octanol–water partition coefficient (Wildman–Crippen LogP) is 1.49. The van der Waals surface area contributed by atoms with Crippen molar-refractivity contribution in [3.63, 3.8) is 0 Å². The molecular formula is C4H5Br2F2NO. The van der Waals surface area contributed by atoms with Gasteiger partial charge in [-0.25, -0.2) is 0 Å². The van der Waals surface area contributed by atoms with E-state index in [1.165, 1.54) is 0 Å². The lowest BCUT2D eigenvalue weighted by atomic mass is 10.6. The molecule has 2 nitrogen and oxygen atoms in total. The maximum atomic E-state index is 11.9. The normalized spacial score (nSPS) is 11.2. The van der Waals surface area contributed by atoms with E-state index in [9.17, 15) is 13.6 Å². The first-order valence-electron chi connectivity index (χ1n) is 2.35. The van der Waals surface area contributed by atoms with Crippen molar-refractivity contribution >= 4 is 37.8 Å². The van der Waals surface area contributed by atoms with Gasteiger partial charge in [0.05, 0.1) is 11.9 Å². The fourth-order valence-corrected chi connectivity index (χ4v) is 0.584. The number of amides is 1. The van der Waals surface area contributed by atoms with E-state index in [1.54, 1.807) is 0 Å². The maximum absolute atomic E-state index is 11.9. The molecule has 0 saturated heterocycles. The van der Waals surface area contributed by atoms with Gasteiger partial charge in [-0.15, -0.1) is 0 Å². The molecule has 60 valence electrons. The minimum Gasteiger partial charge on any atom is -0.348 e. The van der Waals surface area contributed by atoms with Crippen molar-refractivity contribution in [2.75, 3.05) is 11.9 Å². The van der Waals surface area contributed by atoms with Crippen LogP contribution in [0.1, 0.15) is 0 Å². The van der Waals surface area contributed by atoms with E-state index in [1.807, 2.05) is 5.32 Å². The van der Waals surface area contributed by atoms with Crippen LogP contribution in [0.15, 0.2) is 0 Å². The van der Waals surface area contributed by atoms with E-state index in [4.69, 9.17) is 0 Å². The summed E-state index contributed by atoms with van der Waals surface area (Å²) < 4.78 is 23.8. The van der Waals surface area contributed by atoms with Gasteiger partial charge in [0, 0.05) is 0 Å². The van der Waals surface area contributed by atoms with Gasteiger partial charge in [0.2, 0.25) is 5.91 Å². The molecule has 0 saturated carbocycles. The number of halogens is 4. The van der Waals surface area contributed by atoms with Gasteiger partial charge in [-0.3, -0.25) is 4.79 Å². The summed E-state index contributed by atoms with van der Waals surface area (Å²) in [5.74, 6) is -0.459. The van der Waals surface area contributed by atoms with Crippen LogP contribution in [-0.4, -0.2) is 22.6 Å². The summed E-state index contributed by atoms with van der Waals surface area (Å²) in [5.41, 5.74) is 0. The van der Waals surface area contributed by atoms with Crippen LogP contribution in [-0.2, 0) is 4.79 Å². The first-order chi connectivity index (χ1) is 4.45. The lowest BCUT2D eigenvalue weighted by Crippen LogP contribution is -2.33. The molecule has 0 heterocycles. The van der Waals surface area contributed by atoms with Crippen molar-refractivity contribution in [2.45, 2.75) is 4.83 Å². The average Bonchev–Trinajstić information content (AvgIpc) is 1.81. The van der Waals surface area contributed by atoms with Crippen molar-refractivity contribution in [3.8, 4) is 0 Å². The molecule has 0 atom stereocenters. The summed E-state index contributed by atoms with van der Waals surface area (Å²) in [4.78, 5) is 7.34. The van der Waals surface area contributed by atoms with Crippen LogP contribution in [0.4, 0.5) is 8.78 Å². The standard InChI is InChI=1S/C4H5Br2F2NO/c5-1-3(10)9-2-4(6,7)8/h1-2H2,(H,9,10). The zero-order valence-electron chi connectivity index (χ0n) is 4.83. The van der Waals surface area contributed by atoms with Crippen molar-refractivity contribution in [3.05, 3.63) is 0 Å². The molecule has 0 fully saturated rings. The highest BCUT2D eigenvalue weighted by molar-refractivity contribution is 9.10. The van der Waals surface area contributed by atoms with Crippen molar-refractivity contribution in [1.29, 1.82) is 0 Å². The number of hydrogen-bond donors (Lipinski definition) is 1. The van der Waals surface area contributed by atoms with Gasteiger partial charge >= 0.3 is 4.83 Å². The van der Waals surface area contributed by atoms with Crippen LogP contribution in [0.3, 0.4) is 0 Å². The lowest BCUT2D eigenvalue weighted by Gasteiger charge is -2.07. The smallest absolute Gasteiger partial charge is 0.318 e. The Hall–Kier alpha value is 0.290. The quantitative estimate of drug-likeness (QED) is 0.780. The van der Waals surface area contributed by atoms with Crippen LogP contribution < -0.4 is 5.32 Å². The highest BCUT2D eigenvalue weighted by Gasteiger charge is 2.23. The molecule has 0 aliphatic rings. The number of carbonyl (C=O) groups excluding carboxylic acids is 1. The SMILES string of the molecule is O=C(CBr)NCC(F)(F)Br. The highest BCUT2D eigenvalue weighted by Crippen LogP contribution is 2.19. The van der Waals surface area contributed by atoms with Crippen LogP contribution >= 0.6 is 31.9 Å². The summed E-state index contributed by atoms with van der Waals surface area (Å²) in [6, 6.07) is 0. The average molecular weight is 281 g/mol. The maximum Gasteiger partial charge on any atom is 0.318 e. The Morgan fingerprint density at radius 1 is 1.60 bits per heavy atom. The molecule has 6 heteroatoms. The van der Waals surface area contributed by atoms with Gasteiger partial charge < -0.3 is 5.32 Å². The molecule has 0 aromatic rings. The van der Waals surface area contributed by atoms with E-state index >= 15 is 0 Å². The Morgan fingerprint density at radius 2 is 2.10 bits per heavy atom. The fourth-order valence-electron chi connectivity index (χ4n) is 0.246. The largest absolute Gasteiger partial charge is 0.348 e. The van der Waals surface area contributed by atoms with Gasteiger partial charge in [-0.05, 0) is 15.9 Å². The fraction of sp³-hybridized carbons (Fsp3) is 0.750. The van der Waals surface area contributed by atoms with Gasteiger partial charge in [0.25, 0.3) is 0 Å². The summed E-state index contributed by atoms with van der Waals surface area (Å²) in [6.45, 7) is -0.683. The summed E-state index contributed by atoms with van der Waals surface area (Å²) in [5, 5.41) is 2.03. The summed E-state index contributed by atoms with van der Waals surface area (Å²) in [6.07, 6.45) is 0. The van der Waals surface area contributed by atoms with Crippen LogP contribution in [0.2, 0.25) is 0 Å². The van der Waals surface area contributed by atoms with E-state index in [2.05, 4.69) is 31.9 Å². The molecule has 1 amide bonds. The number of rotatable bonds is 3. The zero-order valence-corrected chi connectivity index (χ0v) is 8.01. The molecule has 0 aromatic heterocycles. The van der Waals surface area contributed by atoms with E-state index in [0.717, 1.165) is 0 Å². The van der Waals surface area contributed by atoms with Gasteiger partial charge in [0.1, 0.15) is 0 Å². The van der Waals surface area contributed by atoms with Gasteiger partial charge in [-0.1, -0.05) is 15.9 Å². The van der Waals surface area contributed by atoms with Crippen LogP contribution in [0.25, 0.3) is 0 Å². The minimum absolute atomic E-state index is 0.0378. The third-order valence-electron chi connectivity index (χ3n) is 0.607. The van der Waals surface area contributed by atoms with E-state index in [0.29, 0.717) is 0 Å². The van der Waals surface area contributed by atoms with Gasteiger partial charge in [-0.2, -0.15) is 8.78 Å². The second-order valence-electron chi connectivity index (χ2n) is 1.53. The van der Waals surface area contributed by atoms with E-state index < -0.39 is 17.3 Å². The number of hydrogen-bond acceptors (Lipinski definition) is 1. The highest BCUT2D eigenvalue weighted by atomic mass is 79.9. The molecule has 1 N–H and O–H groups in total. The van der Waals surface area contributed by atoms with Crippen LogP contribution in [0.5, 0.6) is 0 Å². The Kier molecular flexibility index (Phi) is 4.35. The summed E-state index contributed by atoms with van der Waals surface area (Å²) >= 11 is 4.88. The number of carbonyl (C=O) groups is 1. The Morgan fingerprint density at radius 3 is 2.40 bits per heavy atom. The topological polar surface area (TPSA) is 29.1 Å². The molecule has 0 bridgehead atoms. The Labute approximate surface area is 73.6 Å². The van der Waals surface area contributed by atoms with Gasteiger partial charge in [0.15, 0.2) is 0 Å². The second-order valence-corrected chi connectivity index (χ2v) is 3.25. The first-order valence-corrected chi connectivity index (χ1v) is 4.26. The predicted molar refractivity (Wildman–Crippen MR) is 40.7 cm³/mol. The lowest BCUT2D eigenvalue weighted by molar-refractivity contribution is -0.119. The molecular weight excluding hydrogens is 276 g/mol. The molecule has 0 spiro atoms. The van der Waals surface area contributed by atoms with Crippen molar-refractivity contribution in [1.82, 2.24) is 5.32 Å². The van der Waals surface area contributed by atoms with Crippen molar-refractivity contribution < 1.29 is 13.6 Å². The molecule has 0 unspecified atom stereocenters. The molecule has 0 radical (unpaired) electrons. The second kappa shape index (κ2) is 4.23. The molecule has 0 rings (SSSR count). The molecule has 0 aliphatic carbocycles. The number of alkyl halides is 4. The van der Waals surface area contributed by atoms with Crippen LogP contribution in [0, 0.1) is 0 Å². The minimum atomic E-state index is -3.01. The molecule has 0 aliphatic heterocycles. The third kappa shape index (κ3) is 6.41. The molecule has 10 heavy (non-hydrogen) atoms. The molecule has 0 aromatic carbocycles. The third-order valence-corrected chi connectivity index (χ3v) is 1.40. The zero-order chi connectivity index (χ0) is 8.20. The number of nitrogens with one attached hydrogen (secondary N) is 1. The Bertz CT molecular complexity index is 125. The summed E-state index contributed by atoms with van der Waals surface area (Å²) in [7, 11) is 0. The first kappa shape index (κ1) is 10.3. The van der Waals surface area contributed by atoms with Crippen molar-refractivity contribution in [2.24, 2.45) is 0 Å².